The molecule has 4 nitrogen and oxygen atoms in total. The van der Waals surface area contributed by atoms with Gasteiger partial charge in [-0.1, -0.05) is 19.1 Å². The van der Waals surface area contributed by atoms with Crippen LogP contribution in [-0.2, 0) is 16.0 Å². The Morgan fingerprint density at radius 3 is 2.90 bits per heavy atom. The van der Waals surface area contributed by atoms with Crippen molar-refractivity contribution in [1.29, 1.82) is 0 Å². The highest BCUT2D eigenvalue weighted by Gasteiger charge is 2.28. The lowest BCUT2D eigenvalue weighted by molar-refractivity contribution is -0.130. The number of hydrogen-bond donors (Lipinski definition) is 1. The van der Waals surface area contributed by atoms with Crippen LogP contribution in [-0.4, -0.2) is 35.8 Å². The highest BCUT2D eigenvalue weighted by Crippen LogP contribution is 2.17. The summed E-state index contributed by atoms with van der Waals surface area (Å²) in [6.45, 7) is 2.91. The number of rotatable bonds is 6. The van der Waals surface area contributed by atoms with Crippen LogP contribution in [0.4, 0.5) is 4.39 Å². The third-order valence-corrected chi connectivity index (χ3v) is 3.77. The molecule has 0 saturated carbocycles. The largest absolute Gasteiger partial charge is 0.354 e. The molecule has 21 heavy (non-hydrogen) atoms. The van der Waals surface area contributed by atoms with E-state index in [0.717, 1.165) is 12.0 Å². The van der Waals surface area contributed by atoms with Crippen molar-refractivity contribution >= 4 is 11.8 Å². The number of halogens is 1. The summed E-state index contributed by atoms with van der Waals surface area (Å²) >= 11 is 0. The number of nitrogens with one attached hydrogen (secondary N) is 1. The van der Waals surface area contributed by atoms with Crippen LogP contribution in [0.5, 0.6) is 0 Å². The predicted molar refractivity (Wildman–Crippen MR) is 78.1 cm³/mol. The normalized spacial score (nSPS) is 16.1. The first kappa shape index (κ1) is 15.5. The van der Waals surface area contributed by atoms with E-state index in [1.54, 1.807) is 17.9 Å². The van der Waals surface area contributed by atoms with Crippen LogP contribution < -0.4 is 5.32 Å². The molecule has 1 saturated heterocycles. The Bertz CT molecular complexity index is 519. The van der Waals surface area contributed by atoms with Gasteiger partial charge in [-0.25, -0.2) is 4.39 Å². The first-order valence-electron chi connectivity index (χ1n) is 7.40. The molecule has 1 atom stereocenters. The van der Waals surface area contributed by atoms with E-state index in [1.807, 2.05) is 6.07 Å². The van der Waals surface area contributed by atoms with Crippen molar-refractivity contribution in [3.8, 4) is 0 Å². The summed E-state index contributed by atoms with van der Waals surface area (Å²) in [4.78, 5) is 25.2. The van der Waals surface area contributed by atoms with Crippen LogP contribution in [0.2, 0.25) is 0 Å². The van der Waals surface area contributed by atoms with E-state index in [-0.39, 0.29) is 23.7 Å². The highest BCUT2D eigenvalue weighted by molar-refractivity contribution is 5.79. The lowest BCUT2D eigenvalue weighted by Gasteiger charge is -2.28. The Morgan fingerprint density at radius 2 is 2.29 bits per heavy atom. The fraction of sp³-hybridized carbons (Fsp3) is 0.500. The van der Waals surface area contributed by atoms with Crippen LogP contribution >= 0.6 is 0 Å². The number of likely N-dealkylation sites (tertiary alicyclic amines) is 1. The molecule has 114 valence electrons. The molecule has 0 aliphatic carbocycles. The first-order chi connectivity index (χ1) is 10.1. The minimum Gasteiger partial charge on any atom is -0.354 e. The summed E-state index contributed by atoms with van der Waals surface area (Å²) < 4.78 is 13.3. The quantitative estimate of drug-likeness (QED) is 0.870. The van der Waals surface area contributed by atoms with Crippen molar-refractivity contribution in [2.75, 3.05) is 13.1 Å². The summed E-state index contributed by atoms with van der Waals surface area (Å²) in [5.41, 5.74) is 0.838. The zero-order chi connectivity index (χ0) is 15.2. The van der Waals surface area contributed by atoms with Crippen LogP contribution in [0.3, 0.4) is 0 Å². The van der Waals surface area contributed by atoms with Crippen LogP contribution in [0.1, 0.15) is 31.7 Å². The van der Waals surface area contributed by atoms with Gasteiger partial charge in [-0.3, -0.25) is 9.59 Å². The average Bonchev–Trinajstić information content (AvgIpc) is 2.89. The number of carbonyl (C=O) groups excluding carboxylic acids is 2. The smallest absolute Gasteiger partial charge is 0.222 e. The van der Waals surface area contributed by atoms with Crippen LogP contribution in [0, 0.1) is 5.82 Å². The fourth-order valence-corrected chi connectivity index (χ4v) is 2.64. The van der Waals surface area contributed by atoms with Crippen LogP contribution in [0.25, 0.3) is 0 Å². The Labute approximate surface area is 124 Å². The van der Waals surface area contributed by atoms with Crippen molar-refractivity contribution in [2.24, 2.45) is 0 Å². The van der Waals surface area contributed by atoms with Gasteiger partial charge in [0.15, 0.2) is 0 Å². The Kier molecular flexibility index (Phi) is 5.31. The third kappa shape index (κ3) is 4.28. The minimum absolute atomic E-state index is 0.0362. The predicted octanol–water partition coefficient (Wildman–Crippen LogP) is 1.89. The molecular formula is C16H21FN2O2. The molecule has 1 N–H and O–H groups in total. The molecule has 2 amide bonds. The molecule has 1 aromatic rings. The molecular weight excluding hydrogens is 271 g/mol. The monoisotopic (exact) mass is 292 g/mol. The topological polar surface area (TPSA) is 49.4 Å². The van der Waals surface area contributed by atoms with Gasteiger partial charge in [0.2, 0.25) is 11.8 Å². The van der Waals surface area contributed by atoms with E-state index >= 15 is 0 Å². The van der Waals surface area contributed by atoms with Crippen molar-refractivity contribution in [3.63, 3.8) is 0 Å². The van der Waals surface area contributed by atoms with Crippen molar-refractivity contribution in [1.82, 2.24) is 10.2 Å². The summed E-state index contributed by atoms with van der Waals surface area (Å²) in [6.07, 6.45) is 2.37. The molecule has 1 aliphatic heterocycles. The minimum atomic E-state index is -0.281. The Morgan fingerprint density at radius 1 is 1.48 bits per heavy atom. The second-order valence-electron chi connectivity index (χ2n) is 5.34. The molecule has 0 bridgehead atoms. The fourth-order valence-electron chi connectivity index (χ4n) is 2.64. The Hall–Kier alpha value is -1.91. The molecule has 1 heterocycles. The van der Waals surface area contributed by atoms with Gasteiger partial charge in [-0.05, 0) is 30.5 Å². The lowest BCUT2D eigenvalue weighted by atomic mass is 10.0. The van der Waals surface area contributed by atoms with Gasteiger partial charge >= 0.3 is 0 Å². The van der Waals surface area contributed by atoms with Gasteiger partial charge in [0.1, 0.15) is 5.82 Å². The maximum Gasteiger partial charge on any atom is 0.222 e. The zero-order valence-corrected chi connectivity index (χ0v) is 12.3. The third-order valence-electron chi connectivity index (χ3n) is 3.77. The Balaban J connectivity index is 2.07. The van der Waals surface area contributed by atoms with E-state index in [2.05, 4.69) is 5.32 Å². The number of carbonyl (C=O) groups is 2. The zero-order valence-electron chi connectivity index (χ0n) is 12.3. The number of nitrogens with zero attached hydrogens (tertiary/aromatic N) is 1. The summed E-state index contributed by atoms with van der Waals surface area (Å²) in [7, 11) is 0. The maximum absolute atomic E-state index is 13.3. The molecule has 1 aliphatic rings. The van der Waals surface area contributed by atoms with Crippen molar-refractivity contribution in [2.45, 2.75) is 38.6 Å². The van der Waals surface area contributed by atoms with E-state index in [0.29, 0.717) is 32.4 Å². The van der Waals surface area contributed by atoms with Gasteiger partial charge in [0, 0.05) is 25.9 Å². The molecule has 1 fully saturated rings. The van der Waals surface area contributed by atoms with Crippen molar-refractivity contribution < 1.29 is 14.0 Å². The van der Waals surface area contributed by atoms with E-state index in [9.17, 15) is 14.0 Å². The molecule has 0 aromatic heterocycles. The summed E-state index contributed by atoms with van der Waals surface area (Å²) in [5.74, 6) is -0.204. The molecule has 2 rings (SSSR count). The van der Waals surface area contributed by atoms with Gasteiger partial charge in [-0.15, -0.1) is 0 Å². The molecule has 0 unspecified atom stereocenters. The molecule has 1 aromatic carbocycles. The summed E-state index contributed by atoms with van der Waals surface area (Å²) in [6, 6.07) is 6.28. The van der Waals surface area contributed by atoms with E-state index in [4.69, 9.17) is 0 Å². The van der Waals surface area contributed by atoms with E-state index in [1.165, 1.54) is 12.1 Å². The van der Waals surface area contributed by atoms with Crippen molar-refractivity contribution in [3.05, 3.63) is 35.6 Å². The van der Waals surface area contributed by atoms with Gasteiger partial charge in [0.25, 0.3) is 0 Å². The lowest BCUT2D eigenvalue weighted by Crippen LogP contribution is -2.45. The van der Waals surface area contributed by atoms with Crippen LogP contribution in [0.15, 0.2) is 24.3 Å². The average molecular weight is 292 g/mol. The second kappa shape index (κ2) is 7.20. The van der Waals surface area contributed by atoms with Gasteiger partial charge in [-0.2, -0.15) is 0 Å². The second-order valence-corrected chi connectivity index (χ2v) is 5.34. The summed E-state index contributed by atoms with van der Waals surface area (Å²) in [5, 5.41) is 2.84. The highest BCUT2D eigenvalue weighted by atomic mass is 19.1. The van der Waals surface area contributed by atoms with E-state index < -0.39 is 0 Å². The van der Waals surface area contributed by atoms with Gasteiger partial charge < -0.3 is 10.2 Å². The molecule has 5 heteroatoms. The molecule has 0 radical (unpaired) electrons. The first-order valence-corrected chi connectivity index (χ1v) is 7.40. The standard InChI is InChI=1S/C16H21FN2O2/c1-2-15(20)18-11-14(19-8-4-7-16(19)21)10-12-5-3-6-13(17)9-12/h3,5-6,9,14H,2,4,7-8,10-11H2,1H3,(H,18,20)/t14-/m0/s1. The number of benzene rings is 1. The maximum atomic E-state index is 13.3. The van der Waals surface area contributed by atoms with Gasteiger partial charge in [0.05, 0.1) is 6.04 Å². The molecule has 0 spiro atoms. The number of hydrogen-bond acceptors (Lipinski definition) is 2. The number of amides is 2. The SMILES string of the molecule is CCC(=O)NC[C@H](Cc1cccc(F)c1)N1CCCC1=O.